The van der Waals surface area contributed by atoms with Crippen molar-refractivity contribution in [2.45, 2.75) is 26.2 Å². The molecule has 2 fully saturated rings. The Kier molecular flexibility index (Phi) is 6.30. The van der Waals surface area contributed by atoms with Crippen molar-refractivity contribution in [3.8, 4) is 5.75 Å². The van der Waals surface area contributed by atoms with Gasteiger partial charge in [0.2, 0.25) is 11.8 Å². The fraction of sp³-hybridized carbons (Fsp3) is 0.542. The number of carbonyl (C=O) groups is 2. The van der Waals surface area contributed by atoms with E-state index in [1.54, 1.807) is 7.05 Å². The van der Waals surface area contributed by atoms with Crippen LogP contribution in [0.1, 0.15) is 31.7 Å². The van der Waals surface area contributed by atoms with Crippen LogP contribution in [0, 0.1) is 23.7 Å². The number of carbonyl (C=O) groups excluding carboxylic acids is 2. The van der Waals surface area contributed by atoms with Crippen LogP contribution < -0.4 is 15.4 Å². The van der Waals surface area contributed by atoms with Gasteiger partial charge in [-0.1, -0.05) is 38.1 Å². The molecule has 1 saturated carbocycles. The first-order valence-corrected chi connectivity index (χ1v) is 11.2. The zero-order chi connectivity index (χ0) is 22.0. The fourth-order valence-corrected chi connectivity index (χ4v) is 4.98. The van der Waals surface area contributed by atoms with Crippen molar-refractivity contribution in [2.24, 2.45) is 28.7 Å². The van der Waals surface area contributed by atoms with Gasteiger partial charge in [-0.05, 0) is 41.9 Å². The third-order valence-electron chi connectivity index (χ3n) is 6.62. The zero-order valence-electron chi connectivity index (χ0n) is 18.5. The maximum atomic E-state index is 12.7. The van der Waals surface area contributed by atoms with Crippen LogP contribution in [-0.2, 0) is 9.59 Å². The number of amides is 2. The summed E-state index contributed by atoms with van der Waals surface area (Å²) in [5.74, 6) is 2.19. The maximum absolute atomic E-state index is 12.7. The smallest absolute Gasteiger partial charge is 0.233 e. The molecule has 0 aromatic heterocycles. The molecule has 1 aromatic carbocycles. The summed E-state index contributed by atoms with van der Waals surface area (Å²) in [6.07, 6.45) is 5.19. The third kappa shape index (κ3) is 4.31. The van der Waals surface area contributed by atoms with E-state index in [4.69, 9.17) is 4.74 Å². The lowest BCUT2D eigenvalue weighted by atomic mass is 9.85. The number of rotatable bonds is 8. The number of aliphatic imine (C=N–C) groups is 1. The van der Waals surface area contributed by atoms with Crippen molar-refractivity contribution >= 4 is 17.8 Å². The molecule has 1 aromatic rings. The van der Waals surface area contributed by atoms with E-state index in [9.17, 15) is 9.59 Å². The zero-order valence-corrected chi connectivity index (χ0v) is 18.5. The predicted molar refractivity (Wildman–Crippen MR) is 120 cm³/mol. The lowest BCUT2D eigenvalue weighted by Crippen LogP contribution is -2.44. The van der Waals surface area contributed by atoms with Gasteiger partial charge >= 0.3 is 0 Å². The molecular weight excluding hydrogens is 392 g/mol. The van der Waals surface area contributed by atoms with Crippen molar-refractivity contribution < 1.29 is 14.3 Å². The van der Waals surface area contributed by atoms with Crippen LogP contribution in [0.4, 0.5) is 0 Å². The largest absolute Gasteiger partial charge is 0.492 e. The number of nitrogens with zero attached hydrogens (tertiary/aromatic N) is 2. The van der Waals surface area contributed by atoms with Gasteiger partial charge in [-0.25, -0.2) is 0 Å². The Morgan fingerprint density at radius 3 is 2.26 bits per heavy atom. The number of fused-ring (bicyclic) bond motifs is 5. The maximum Gasteiger partial charge on any atom is 0.233 e. The number of likely N-dealkylation sites (tertiary alicyclic amines) is 1. The molecule has 7 heteroatoms. The quantitative estimate of drug-likeness (QED) is 0.220. The van der Waals surface area contributed by atoms with Gasteiger partial charge in [0.05, 0.1) is 18.4 Å². The summed E-state index contributed by atoms with van der Waals surface area (Å²) >= 11 is 0. The Balaban J connectivity index is 1.17. The summed E-state index contributed by atoms with van der Waals surface area (Å²) in [4.78, 5) is 31.1. The van der Waals surface area contributed by atoms with Gasteiger partial charge < -0.3 is 15.4 Å². The molecule has 4 rings (SSSR count). The van der Waals surface area contributed by atoms with E-state index in [2.05, 4.69) is 53.8 Å². The highest BCUT2D eigenvalue weighted by atomic mass is 16.5. The highest BCUT2D eigenvalue weighted by molar-refractivity contribution is 6.06. The molecule has 2 N–H and O–H groups in total. The second-order valence-electron chi connectivity index (χ2n) is 8.83. The molecule has 4 atom stereocenters. The van der Waals surface area contributed by atoms with Gasteiger partial charge in [0.1, 0.15) is 12.4 Å². The predicted octanol–water partition coefficient (Wildman–Crippen LogP) is 2.16. The van der Waals surface area contributed by atoms with Crippen LogP contribution in [0.5, 0.6) is 5.75 Å². The third-order valence-corrected chi connectivity index (χ3v) is 6.62. The second-order valence-corrected chi connectivity index (χ2v) is 8.83. The molecule has 7 nitrogen and oxygen atoms in total. The lowest BCUT2D eigenvalue weighted by Gasteiger charge is -2.18. The minimum atomic E-state index is -0.133. The lowest BCUT2D eigenvalue weighted by molar-refractivity contribution is -0.140. The molecule has 0 spiro atoms. The summed E-state index contributed by atoms with van der Waals surface area (Å²) in [6.45, 7) is 6.26. The van der Waals surface area contributed by atoms with Crippen LogP contribution in [0.2, 0.25) is 0 Å². The van der Waals surface area contributed by atoms with Crippen molar-refractivity contribution in [2.75, 3.05) is 33.3 Å². The Labute approximate surface area is 183 Å². The summed E-state index contributed by atoms with van der Waals surface area (Å²) in [7, 11) is 1.70. The number of nitrogens with one attached hydrogen (secondary N) is 2. The van der Waals surface area contributed by atoms with Crippen LogP contribution in [0.3, 0.4) is 0 Å². The monoisotopic (exact) mass is 424 g/mol. The van der Waals surface area contributed by atoms with E-state index >= 15 is 0 Å². The normalized spacial score (nSPS) is 26.7. The Morgan fingerprint density at radius 1 is 1.06 bits per heavy atom. The van der Waals surface area contributed by atoms with E-state index < -0.39 is 0 Å². The summed E-state index contributed by atoms with van der Waals surface area (Å²) in [5, 5.41) is 6.38. The highest BCUT2D eigenvalue weighted by Gasteiger charge is 2.58. The van der Waals surface area contributed by atoms with Crippen molar-refractivity contribution in [1.29, 1.82) is 0 Å². The number of allylic oxidation sites excluding steroid dienone is 2. The van der Waals surface area contributed by atoms with Crippen LogP contribution in [-0.4, -0.2) is 56.0 Å². The number of hydrogen-bond acceptors (Lipinski definition) is 4. The molecule has 2 aliphatic carbocycles. The molecule has 1 saturated heterocycles. The summed E-state index contributed by atoms with van der Waals surface area (Å²) in [6, 6.07) is 8.15. The Bertz CT molecular complexity index is 847. The summed E-state index contributed by atoms with van der Waals surface area (Å²) < 4.78 is 5.77. The van der Waals surface area contributed by atoms with Crippen LogP contribution in [0.25, 0.3) is 0 Å². The molecule has 166 valence electrons. The number of guanidine groups is 1. The van der Waals surface area contributed by atoms with Gasteiger partial charge in [0, 0.05) is 20.1 Å². The molecule has 2 bridgehead atoms. The minimum absolute atomic E-state index is 0.00604. The van der Waals surface area contributed by atoms with E-state index in [1.165, 1.54) is 10.5 Å². The SMILES string of the molecule is CN=C(NCCOc1ccc(C(C)C)cc1)NCCN1C(=O)C2C3C=CC(C3)C2C1=O. The van der Waals surface area contributed by atoms with E-state index in [1.807, 2.05) is 12.1 Å². The fourth-order valence-electron chi connectivity index (χ4n) is 4.98. The first kappa shape index (κ1) is 21.4. The Hall–Kier alpha value is -2.83. The topological polar surface area (TPSA) is 83.0 Å². The van der Waals surface area contributed by atoms with Gasteiger partial charge in [-0.15, -0.1) is 0 Å². The van der Waals surface area contributed by atoms with Crippen molar-refractivity contribution in [1.82, 2.24) is 15.5 Å². The average Bonchev–Trinajstić information content (AvgIpc) is 3.45. The number of ether oxygens (including phenoxy) is 1. The van der Waals surface area contributed by atoms with E-state index in [0.29, 0.717) is 38.1 Å². The second kappa shape index (κ2) is 9.12. The average molecular weight is 425 g/mol. The standard InChI is InChI=1S/C24H32N4O3/c1-15(2)16-6-8-19(9-7-16)31-13-11-27-24(25-3)26-10-12-28-22(29)20-17-4-5-18(14-17)21(20)23(28)30/h4-9,15,17-18,20-21H,10-14H2,1-3H3,(H2,25,26,27). The first-order chi connectivity index (χ1) is 15.0. The van der Waals surface area contributed by atoms with Gasteiger partial charge in [-0.2, -0.15) is 0 Å². The van der Waals surface area contributed by atoms with Crippen LogP contribution >= 0.6 is 0 Å². The highest BCUT2D eigenvalue weighted by Crippen LogP contribution is 2.52. The number of imide groups is 1. The molecule has 31 heavy (non-hydrogen) atoms. The van der Waals surface area contributed by atoms with Gasteiger partial charge in [0.25, 0.3) is 0 Å². The minimum Gasteiger partial charge on any atom is -0.492 e. The van der Waals surface area contributed by atoms with E-state index in [0.717, 1.165) is 12.2 Å². The van der Waals surface area contributed by atoms with Gasteiger partial charge in [-0.3, -0.25) is 19.5 Å². The molecule has 4 unspecified atom stereocenters. The Morgan fingerprint density at radius 2 is 1.68 bits per heavy atom. The summed E-state index contributed by atoms with van der Waals surface area (Å²) in [5.41, 5.74) is 1.29. The first-order valence-electron chi connectivity index (χ1n) is 11.2. The molecule has 1 heterocycles. The van der Waals surface area contributed by atoms with E-state index in [-0.39, 0.29) is 35.5 Å². The molecule has 1 aliphatic heterocycles. The van der Waals surface area contributed by atoms with Crippen molar-refractivity contribution in [3.05, 3.63) is 42.0 Å². The molecule has 0 radical (unpaired) electrons. The molecular formula is C24H32N4O3. The molecule has 2 amide bonds. The van der Waals surface area contributed by atoms with Crippen molar-refractivity contribution in [3.63, 3.8) is 0 Å². The van der Waals surface area contributed by atoms with Crippen LogP contribution in [0.15, 0.2) is 41.4 Å². The van der Waals surface area contributed by atoms with Gasteiger partial charge in [0.15, 0.2) is 5.96 Å². The number of hydrogen-bond donors (Lipinski definition) is 2. The number of benzene rings is 1. The molecule has 3 aliphatic rings.